The van der Waals surface area contributed by atoms with Crippen molar-refractivity contribution in [3.63, 3.8) is 0 Å². The summed E-state index contributed by atoms with van der Waals surface area (Å²) in [6, 6.07) is 0. The Bertz CT molecular complexity index is 181. The first-order valence-corrected chi connectivity index (χ1v) is 6.82. The first-order valence-electron chi connectivity index (χ1n) is 6.82. The molecule has 0 spiro atoms. The Balaban J connectivity index is 0.00000128. The van der Waals surface area contributed by atoms with Crippen LogP contribution in [-0.2, 0) is 4.74 Å². The topological polar surface area (TPSA) is 9.23 Å². The summed E-state index contributed by atoms with van der Waals surface area (Å²) in [5.41, 5.74) is 0.397. The average molecular weight is 233 g/mol. The summed E-state index contributed by atoms with van der Waals surface area (Å²) in [7, 11) is 0. The van der Waals surface area contributed by atoms with Gasteiger partial charge in [-0.3, -0.25) is 0 Å². The van der Waals surface area contributed by atoms with Crippen molar-refractivity contribution in [2.45, 2.75) is 89.3 Å². The Morgan fingerprint density at radius 3 is 1.25 bits per heavy atom. The summed E-state index contributed by atoms with van der Waals surface area (Å²) in [6.45, 7) is 4.68. The van der Waals surface area contributed by atoms with Crippen LogP contribution in [0.5, 0.6) is 0 Å². The van der Waals surface area contributed by atoms with Gasteiger partial charge in [-0.05, 0) is 39.5 Å². The Hall–Kier alpha value is 0.960. The SMILES string of the molecule is CC1(OC2(C)CCCCC2)CCCCC1.[Na]. The minimum absolute atomic E-state index is 0. The van der Waals surface area contributed by atoms with Crippen LogP contribution in [0.15, 0.2) is 0 Å². The molecule has 0 aromatic heterocycles. The van der Waals surface area contributed by atoms with Crippen molar-refractivity contribution in [2.24, 2.45) is 0 Å². The summed E-state index contributed by atoms with van der Waals surface area (Å²) in [5, 5.41) is 0. The molecule has 2 rings (SSSR count). The molecule has 0 saturated heterocycles. The van der Waals surface area contributed by atoms with Gasteiger partial charge in [0.2, 0.25) is 0 Å². The molecule has 0 bridgehead atoms. The minimum atomic E-state index is 0. The van der Waals surface area contributed by atoms with E-state index in [1.165, 1.54) is 64.2 Å². The standard InChI is InChI=1S/C14H26O.Na/c1-13(9-5-3-6-10-13)15-14(2)11-7-4-8-12-14;/h3-12H2,1-2H3;. The zero-order valence-corrected chi connectivity index (χ0v) is 13.5. The van der Waals surface area contributed by atoms with Crippen molar-refractivity contribution in [3.8, 4) is 0 Å². The summed E-state index contributed by atoms with van der Waals surface area (Å²) in [4.78, 5) is 0. The molecule has 89 valence electrons. The largest absolute Gasteiger partial charge is 0.369 e. The second kappa shape index (κ2) is 6.22. The van der Waals surface area contributed by atoms with E-state index in [4.69, 9.17) is 4.74 Å². The number of rotatable bonds is 2. The van der Waals surface area contributed by atoms with Gasteiger partial charge >= 0.3 is 0 Å². The number of hydrogen-bond donors (Lipinski definition) is 0. The van der Waals surface area contributed by atoms with Gasteiger partial charge in [0.1, 0.15) is 0 Å². The van der Waals surface area contributed by atoms with Crippen molar-refractivity contribution >= 4 is 29.6 Å². The van der Waals surface area contributed by atoms with Crippen molar-refractivity contribution in [1.29, 1.82) is 0 Å². The molecule has 1 nitrogen and oxygen atoms in total. The zero-order valence-electron chi connectivity index (χ0n) is 11.5. The molecule has 0 amide bonds. The van der Waals surface area contributed by atoms with Crippen molar-refractivity contribution in [1.82, 2.24) is 0 Å². The van der Waals surface area contributed by atoms with E-state index in [0.717, 1.165) is 0 Å². The third-order valence-corrected chi connectivity index (χ3v) is 4.32. The van der Waals surface area contributed by atoms with Crippen LogP contribution < -0.4 is 0 Å². The maximum Gasteiger partial charge on any atom is 0.0662 e. The van der Waals surface area contributed by atoms with Gasteiger partial charge in [0.25, 0.3) is 0 Å². The number of hydrogen-bond acceptors (Lipinski definition) is 1. The van der Waals surface area contributed by atoms with E-state index in [2.05, 4.69) is 13.8 Å². The molecule has 0 aromatic carbocycles. The molecule has 2 saturated carbocycles. The molecule has 2 aliphatic carbocycles. The molecule has 2 fully saturated rings. The summed E-state index contributed by atoms with van der Waals surface area (Å²) in [5.74, 6) is 0. The average Bonchev–Trinajstić information content (AvgIpc) is 2.18. The first kappa shape index (κ1) is 15.0. The van der Waals surface area contributed by atoms with E-state index in [1.54, 1.807) is 0 Å². The van der Waals surface area contributed by atoms with E-state index in [9.17, 15) is 0 Å². The third kappa shape index (κ3) is 4.01. The van der Waals surface area contributed by atoms with Crippen molar-refractivity contribution in [3.05, 3.63) is 0 Å². The van der Waals surface area contributed by atoms with Crippen LogP contribution in [0.25, 0.3) is 0 Å². The van der Waals surface area contributed by atoms with Crippen LogP contribution in [0.4, 0.5) is 0 Å². The summed E-state index contributed by atoms with van der Waals surface area (Å²) in [6.07, 6.45) is 13.4. The Kier molecular flexibility index (Phi) is 5.84. The predicted octanol–water partition coefficient (Wildman–Crippen LogP) is 4.07. The molecule has 2 heteroatoms. The molecule has 0 aliphatic heterocycles. The van der Waals surface area contributed by atoms with Crippen LogP contribution in [0, 0.1) is 0 Å². The molecule has 2 aliphatic rings. The Morgan fingerprint density at radius 1 is 0.625 bits per heavy atom. The molecule has 0 aromatic rings. The van der Waals surface area contributed by atoms with Gasteiger partial charge in [-0.25, -0.2) is 0 Å². The summed E-state index contributed by atoms with van der Waals surface area (Å²) < 4.78 is 6.51. The third-order valence-electron chi connectivity index (χ3n) is 4.32. The van der Waals surface area contributed by atoms with Crippen LogP contribution in [0.1, 0.15) is 78.1 Å². The molecule has 1 radical (unpaired) electrons. The molecule has 0 unspecified atom stereocenters. The molecular formula is C14H26NaO. The predicted molar refractivity (Wildman–Crippen MR) is 69.8 cm³/mol. The van der Waals surface area contributed by atoms with Crippen LogP contribution in [0.2, 0.25) is 0 Å². The Morgan fingerprint density at radius 2 is 0.938 bits per heavy atom. The maximum atomic E-state index is 6.51. The first-order chi connectivity index (χ1) is 7.12. The maximum absolute atomic E-state index is 6.51. The van der Waals surface area contributed by atoms with Gasteiger partial charge in [0, 0.05) is 29.6 Å². The monoisotopic (exact) mass is 233 g/mol. The molecule has 0 atom stereocenters. The molecular weight excluding hydrogens is 207 g/mol. The zero-order chi connectivity index (χ0) is 10.8. The van der Waals surface area contributed by atoms with Crippen LogP contribution >= 0.6 is 0 Å². The van der Waals surface area contributed by atoms with Gasteiger partial charge in [0.15, 0.2) is 0 Å². The molecule has 0 N–H and O–H groups in total. The smallest absolute Gasteiger partial charge is 0.0662 e. The molecule has 0 heterocycles. The van der Waals surface area contributed by atoms with Crippen LogP contribution in [-0.4, -0.2) is 40.8 Å². The van der Waals surface area contributed by atoms with Gasteiger partial charge in [-0.15, -0.1) is 0 Å². The quantitative estimate of drug-likeness (QED) is 0.653. The van der Waals surface area contributed by atoms with Gasteiger partial charge in [0.05, 0.1) is 11.2 Å². The van der Waals surface area contributed by atoms with Crippen molar-refractivity contribution < 1.29 is 4.74 Å². The molecule has 16 heavy (non-hydrogen) atoms. The van der Waals surface area contributed by atoms with E-state index in [1.807, 2.05) is 0 Å². The second-order valence-electron chi connectivity index (χ2n) is 6.12. The minimum Gasteiger partial charge on any atom is -0.369 e. The Labute approximate surface area is 123 Å². The van der Waals surface area contributed by atoms with Gasteiger partial charge in [-0.1, -0.05) is 38.5 Å². The number of ether oxygens (including phenoxy) is 1. The fraction of sp³-hybridized carbons (Fsp3) is 1.00. The fourth-order valence-corrected chi connectivity index (χ4v) is 3.40. The second-order valence-corrected chi connectivity index (χ2v) is 6.12. The van der Waals surface area contributed by atoms with Gasteiger partial charge in [-0.2, -0.15) is 0 Å². The van der Waals surface area contributed by atoms with Gasteiger partial charge < -0.3 is 4.74 Å². The van der Waals surface area contributed by atoms with E-state index in [-0.39, 0.29) is 40.8 Å². The van der Waals surface area contributed by atoms with Crippen molar-refractivity contribution in [2.75, 3.05) is 0 Å². The fourth-order valence-electron chi connectivity index (χ4n) is 3.40. The van der Waals surface area contributed by atoms with Crippen LogP contribution in [0.3, 0.4) is 0 Å². The van der Waals surface area contributed by atoms with E-state index in [0.29, 0.717) is 0 Å². The van der Waals surface area contributed by atoms with E-state index >= 15 is 0 Å². The normalized spacial score (nSPS) is 28.1. The summed E-state index contributed by atoms with van der Waals surface area (Å²) >= 11 is 0. The van der Waals surface area contributed by atoms with E-state index < -0.39 is 0 Å².